The summed E-state index contributed by atoms with van der Waals surface area (Å²) in [5.74, 6) is -0.674. The molecule has 0 aliphatic carbocycles. The first-order chi connectivity index (χ1) is 12.4. The Morgan fingerprint density at radius 1 is 0.769 bits per heavy atom. The van der Waals surface area contributed by atoms with E-state index in [4.69, 9.17) is 32.7 Å². The van der Waals surface area contributed by atoms with Gasteiger partial charge in [-0.25, -0.2) is 0 Å². The van der Waals surface area contributed by atoms with Gasteiger partial charge in [0.25, 0.3) is 0 Å². The number of carbonyl (C=O) groups excluding carboxylic acids is 2. The van der Waals surface area contributed by atoms with Gasteiger partial charge in [-0.2, -0.15) is 0 Å². The van der Waals surface area contributed by atoms with E-state index in [1.807, 2.05) is 24.3 Å². The average molecular weight is 429 g/mol. The molecule has 0 amide bonds. The van der Waals surface area contributed by atoms with Crippen LogP contribution in [0.2, 0.25) is 10.0 Å². The van der Waals surface area contributed by atoms with Crippen LogP contribution in [-0.2, 0) is 31.9 Å². The van der Waals surface area contributed by atoms with Crippen molar-refractivity contribution in [3.63, 3.8) is 0 Å². The maximum absolute atomic E-state index is 11.5. The minimum atomic E-state index is -0.337. The van der Waals surface area contributed by atoms with Crippen molar-refractivity contribution in [2.24, 2.45) is 0 Å². The van der Waals surface area contributed by atoms with Gasteiger partial charge in [-0.05, 0) is 35.4 Å². The number of hydrogen-bond acceptors (Lipinski definition) is 6. The van der Waals surface area contributed by atoms with E-state index >= 15 is 0 Å². The molecule has 1 aliphatic rings. The highest BCUT2D eigenvalue weighted by atomic mass is 35.5. The molecule has 0 spiro atoms. The largest absolute Gasteiger partial charge is 0.469 e. The molecule has 2 aromatic rings. The lowest BCUT2D eigenvalue weighted by molar-refractivity contribution is -0.140. The topological polar surface area (TPSA) is 52.6 Å². The molecule has 0 unspecified atom stereocenters. The number of carbonyl (C=O) groups is 2. The number of methoxy groups -OCH3 is 2. The molecule has 1 heterocycles. The van der Waals surface area contributed by atoms with Gasteiger partial charge in [0.2, 0.25) is 0 Å². The highest BCUT2D eigenvalue weighted by Gasteiger charge is 2.22. The Labute approximate surface area is 169 Å². The summed E-state index contributed by atoms with van der Waals surface area (Å²) < 4.78 is 9.43. The highest BCUT2D eigenvalue weighted by molar-refractivity contribution is 8.05. The first kappa shape index (κ1) is 19.4. The van der Waals surface area contributed by atoms with E-state index in [1.165, 1.54) is 14.2 Å². The second-order valence-electron chi connectivity index (χ2n) is 5.49. The summed E-state index contributed by atoms with van der Waals surface area (Å²) in [5.41, 5.74) is 1.45. The predicted octanol–water partition coefficient (Wildman–Crippen LogP) is 5.04. The van der Waals surface area contributed by atoms with Crippen molar-refractivity contribution in [1.29, 1.82) is 0 Å². The van der Waals surface area contributed by atoms with Gasteiger partial charge in [0.1, 0.15) is 0 Å². The molecule has 26 heavy (non-hydrogen) atoms. The van der Waals surface area contributed by atoms with E-state index in [0.29, 0.717) is 10.0 Å². The Kier molecular flexibility index (Phi) is 6.07. The monoisotopic (exact) mass is 428 g/mol. The molecular formula is C18H14Cl2O4S2. The number of fused-ring (bicyclic) bond motifs is 2. The zero-order valence-corrected chi connectivity index (χ0v) is 17.1. The van der Waals surface area contributed by atoms with Crippen LogP contribution in [0, 0.1) is 0 Å². The zero-order chi connectivity index (χ0) is 18.8. The Morgan fingerprint density at radius 3 is 1.46 bits per heavy atom. The summed E-state index contributed by atoms with van der Waals surface area (Å²) >= 11 is 15.8. The fourth-order valence-electron chi connectivity index (χ4n) is 2.44. The summed E-state index contributed by atoms with van der Waals surface area (Å²) in [4.78, 5) is 27.1. The summed E-state index contributed by atoms with van der Waals surface area (Å²) in [5, 5.41) is 1.05. The van der Waals surface area contributed by atoms with E-state index in [2.05, 4.69) is 0 Å². The van der Waals surface area contributed by atoms with E-state index in [9.17, 15) is 9.59 Å². The van der Waals surface area contributed by atoms with Crippen LogP contribution in [-0.4, -0.2) is 26.2 Å². The Morgan fingerprint density at radius 2 is 1.12 bits per heavy atom. The van der Waals surface area contributed by atoms with Crippen LogP contribution in [0.15, 0.2) is 43.8 Å². The van der Waals surface area contributed by atoms with E-state index < -0.39 is 0 Å². The second-order valence-corrected chi connectivity index (χ2v) is 8.47. The van der Waals surface area contributed by atoms with Crippen molar-refractivity contribution in [2.75, 3.05) is 14.2 Å². The Balaban J connectivity index is 1.92. The summed E-state index contributed by atoms with van der Waals surface area (Å²) in [6.45, 7) is 0. The molecule has 0 saturated heterocycles. The molecule has 1 aliphatic heterocycles. The molecule has 0 radical (unpaired) electrons. The molecular weight excluding hydrogens is 415 g/mol. The summed E-state index contributed by atoms with van der Waals surface area (Å²) in [6.07, 6.45) is 0.249. The average Bonchev–Trinajstić information content (AvgIpc) is 2.61. The van der Waals surface area contributed by atoms with E-state index in [-0.39, 0.29) is 24.8 Å². The van der Waals surface area contributed by atoms with Gasteiger partial charge >= 0.3 is 11.9 Å². The van der Waals surface area contributed by atoms with Crippen molar-refractivity contribution in [2.45, 2.75) is 32.4 Å². The predicted molar refractivity (Wildman–Crippen MR) is 103 cm³/mol. The van der Waals surface area contributed by atoms with Gasteiger partial charge in [-0.15, -0.1) is 0 Å². The van der Waals surface area contributed by atoms with Crippen LogP contribution < -0.4 is 0 Å². The summed E-state index contributed by atoms with van der Waals surface area (Å²) in [6, 6.07) is 7.52. The number of esters is 2. The SMILES string of the molecule is COC(=O)Cc1cc2c(cc1Cl)Sc1cc(CC(=O)OC)c(Cl)cc1S2. The lowest BCUT2D eigenvalue weighted by Crippen LogP contribution is -2.06. The number of ether oxygens (including phenoxy) is 2. The van der Waals surface area contributed by atoms with Crippen molar-refractivity contribution in [1.82, 2.24) is 0 Å². The highest BCUT2D eigenvalue weighted by Crippen LogP contribution is 2.51. The van der Waals surface area contributed by atoms with Gasteiger partial charge in [0.15, 0.2) is 0 Å². The van der Waals surface area contributed by atoms with Crippen LogP contribution in [0.4, 0.5) is 0 Å². The number of hydrogen-bond donors (Lipinski definition) is 0. The fraction of sp³-hybridized carbons (Fsp3) is 0.222. The minimum Gasteiger partial charge on any atom is -0.469 e. The van der Waals surface area contributed by atoms with E-state index in [1.54, 1.807) is 23.5 Å². The standard InChI is InChI=1S/C18H14Cl2O4S2/c1-23-17(21)5-9-3-13-15(7-11(9)19)26-14-4-10(6-18(22)24-2)12(20)8-16(14)25-13/h3-4,7-8H,5-6H2,1-2H3. The molecule has 0 fully saturated rings. The van der Waals surface area contributed by atoms with Gasteiger partial charge < -0.3 is 9.47 Å². The maximum atomic E-state index is 11.5. The van der Waals surface area contributed by atoms with Crippen molar-refractivity contribution < 1.29 is 19.1 Å². The number of rotatable bonds is 4. The molecule has 0 atom stereocenters. The Bertz CT molecular complexity index is 826. The van der Waals surface area contributed by atoms with Crippen molar-refractivity contribution in [3.8, 4) is 0 Å². The molecule has 3 rings (SSSR count). The van der Waals surface area contributed by atoms with Gasteiger partial charge in [-0.3, -0.25) is 9.59 Å². The maximum Gasteiger partial charge on any atom is 0.310 e. The quantitative estimate of drug-likeness (QED) is 0.542. The zero-order valence-electron chi connectivity index (χ0n) is 13.9. The lowest BCUT2D eigenvalue weighted by atomic mass is 10.1. The molecule has 0 aromatic heterocycles. The number of halogens is 2. The third-order valence-electron chi connectivity index (χ3n) is 3.79. The van der Waals surface area contributed by atoms with Crippen molar-refractivity contribution in [3.05, 3.63) is 45.4 Å². The Hall–Kier alpha value is -1.34. The molecule has 8 heteroatoms. The van der Waals surface area contributed by atoms with Gasteiger partial charge in [-0.1, -0.05) is 46.7 Å². The van der Waals surface area contributed by atoms with Gasteiger partial charge in [0, 0.05) is 29.6 Å². The van der Waals surface area contributed by atoms with Gasteiger partial charge in [0.05, 0.1) is 27.1 Å². The molecule has 0 bridgehead atoms. The third kappa shape index (κ3) is 4.14. The third-order valence-corrected chi connectivity index (χ3v) is 6.98. The first-order valence-electron chi connectivity index (χ1n) is 7.55. The molecule has 0 saturated carbocycles. The fourth-order valence-corrected chi connectivity index (χ4v) is 5.39. The van der Waals surface area contributed by atoms with Crippen LogP contribution in [0.25, 0.3) is 0 Å². The van der Waals surface area contributed by atoms with Crippen molar-refractivity contribution >= 4 is 58.7 Å². The normalized spacial score (nSPS) is 12.2. The minimum absolute atomic E-state index is 0.125. The summed E-state index contributed by atoms with van der Waals surface area (Å²) in [7, 11) is 2.70. The van der Waals surface area contributed by atoms with Crippen LogP contribution in [0.5, 0.6) is 0 Å². The van der Waals surface area contributed by atoms with Crippen LogP contribution >= 0.6 is 46.7 Å². The molecule has 136 valence electrons. The first-order valence-corrected chi connectivity index (χ1v) is 9.94. The lowest BCUT2D eigenvalue weighted by Gasteiger charge is -2.21. The molecule has 2 aromatic carbocycles. The van der Waals surface area contributed by atoms with Crippen LogP contribution in [0.1, 0.15) is 11.1 Å². The van der Waals surface area contributed by atoms with Crippen LogP contribution in [0.3, 0.4) is 0 Å². The smallest absolute Gasteiger partial charge is 0.310 e. The van der Waals surface area contributed by atoms with E-state index in [0.717, 1.165) is 30.7 Å². The molecule has 0 N–H and O–H groups in total. The molecule has 4 nitrogen and oxygen atoms in total. The number of benzene rings is 2. The second kappa shape index (κ2) is 8.13.